The Bertz CT molecular complexity index is 780. The number of aliphatic carboxylic acids is 1. The number of ether oxygens (including phenoxy) is 2. The van der Waals surface area contributed by atoms with Crippen LogP contribution in [-0.2, 0) is 14.4 Å². The van der Waals surface area contributed by atoms with Gasteiger partial charge in [-0.2, -0.15) is 0 Å². The molecule has 1 aromatic rings. The van der Waals surface area contributed by atoms with E-state index in [1.165, 1.54) is 7.11 Å². The van der Waals surface area contributed by atoms with Gasteiger partial charge in [0, 0.05) is 31.6 Å². The predicted molar refractivity (Wildman–Crippen MR) is 102 cm³/mol. The summed E-state index contributed by atoms with van der Waals surface area (Å²) in [5.41, 5.74) is 0.596. The van der Waals surface area contributed by atoms with Crippen LogP contribution in [0.15, 0.2) is 18.2 Å². The molecule has 2 aliphatic heterocycles. The minimum absolute atomic E-state index is 0.0252. The van der Waals surface area contributed by atoms with Gasteiger partial charge in [-0.05, 0) is 31.9 Å². The molecule has 3 atom stereocenters. The number of anilines is 1. The summed E-state index contributed by atoms with van der Waals surface area (Å²) in [6.45, 7) is 2.38. The summed E-state index contributed by atoms with van der Waals surface area (Å²) in [5.74, 6) is -1.11. The fraction of sp³-hybridized carbons (Fsp3) is 0.550. The number of carboxylic acids is 1. The number of methoxy groups -OCH3 is 2. The van der Waals surface area contributed by atoms with E-state index in [4.69, 9.17) is 9.47 Å². The highest BCUT2D eigenvalue weighted by Gasteiger charge is 2.41. The van der Waals surface area contributed by atoms with Crippen molar-refractivity contribution in [2.24, 2.45) is 11.8 Å². The number of nitrogens with zero attached hydrogens (tertiary/aromatic N) is 2. The average molecular weight is 390 g/mol. The van der Waals surface area contributed by atoms with Gasteiger partial charge in [-0.1, -0.05) is 0 Å². The number of rotatable bonds is 5. The summed E-state index contributed by atoms with van der Waals surface area (Å²) in [5, 5.41) is 9.30. The zero-order chi connectivity index (χ0) is 20.4. The molecule has 0 saturated carbocycles. The minimum atomic E-state index is -0.878. The highest BCUT2D eigenvalue weighted by Crippen LogP contribution is 2.36. The Hall–Kier alpha value is -2.77. The second-order valence-electron chi connectivity index (χ2n) is 7.40. The molecule has 8 nitrogen and oxygen atoms in total. The van der Waals surface area contributed by atoms with Crippen LogP contribution in [0.2, 0.25) is 0 Å². The van der Waals surface area contributed by atoms with Crippen LogP contribution in [0, 0.1) is 11.8 Å². The lowest BCUT2D eigenvalue weighted by atomic mass is 9.92. The molecule has 2 saturated heterocycles. The number of carbonyl (C=O) groups is 3. The fourth-order valence-corrected chi connectivity index (χ4v) is 3.96. The molecule has 2 aliphatic rings. The molecule has 28 heavy (non-hydrogen) atoms. The Morgan fingerprint density at radius 3 is 2.50 bits per heavy atom. The van der Waals surface area contributed by atoms with Gasteiger partial charge in [0.15, 0.2) is 0 Å². The lowest BCUT2D eigenvalue weighted by Crippen LogP contribution is -2.49. The first-order valence-electron chi connectivity index (χ1n) is 9.41. The molecule has 0 radical (unpaired) electrons. The van der Waals surface area contributed by atoms with Gasteiger partial charge in [0.25, 0.3) is 0 Å². The maximum atomic E-state index is 13.1. The van der Waals surface area contributed by atoms with Crippen LogP contribution < -0.4 is 14.4 Å². The number of hydrogen-bond acceptors (Lipinski definition) is 5. The molecule has 2 amide bonds. The minimum Gasteiger partial charge on any atom is -0.497 e. The molecular weight excluding hydrogens is 364 g/mol. The lowest BCUT2D eigenvalue weighted by Gasteiger charge is -2.37. The summed E-state index contributed by atoms with van der Waals surface area (Å²) >= 11 is 0. The van der Waals surface area contributed by atoms with Crippen molar-refractivity contribution in [3.05, 3.63) is 18.2 Å². The Labute approximate surface area is 164 Å². The smallest absolute Gasteiger partial charge is 0.308 e. The molecule has 0 aliphatic carbocycles. The predicted octanol–water partition coefficient (Wildman–Crippen LogP) is 1.77. The largest absolute Gasteiger partial charge is 0.497 e. The van der Waals surface area contributed by atoms with E-state index in [1.807, 2.05) is 6.92 Å². The van der Waals surface area contributed by atoms with Crippen LogP contribution >= 0.6 is 0 Å². The molecule has 8 heteroatoms. The Morgan fingerprint density at radius 2 is 1.86 bits per heavy atom. The molecule has 2 fully saturated rings. The van der Waals surface area contributed by atoms with Crippen molar-refractivity contribution in [2.75, 3.05) is 32.2 Å². The Morgan fingerprint density at radius 1 is 1.11 bits per heavy atom. The van der Waals surface area contributed by atoms with Crippen molar-refractivity contribution in [2.45, 2.75) is 32.2 Å². The molecule has 1 N–H and O–H groups in total. The molecule has 0 spiro atoms. The number of amides is 2. The van der Waals surface area contributed by atoms with E-state index in [1.54, 1.807) is 35.1 Å². The van der Waals surface area contributed by atoms with Gasteiger partial charge in [0.05, 0.1) is 31.7 Å². The first kappa shape index (κ1) is 20.0. The molecule has 1 aromatic carbocycles. The van der Waals surface area contributed by atoms with Crippen LogP contribution in [0.4, 0.5) is 5.69 Å². The third-order valence-corrected chi connectivity index (χ3v) is 5.67. The molecule has 152 valence electrons. The van der Waals surface area contributed by atoms with Crippen molar-refractivity contribution < 1.29 is 29.0 Å². The monoisotopic (exact) mass is 390 g/mol. The third kappa shape index (κ3) is 3.76. The van der Waals surface area contributed by atoms with Crippen molar-refractivity contribution in [1.82, 2.24) is 4.90 Å². The second-order valence-corrected chi connectivity index (χ2v) is 7.40. The molecule has 2 heterocycles. The van der Waals surface area contributed by atoms with E-state index in [2.05, 4.69) is 0 Å². The topological polar surface area (TPSA) is 96.4 Å². The maximum absolute atomic E-state index is 13.1. The van der Waals surface area contributed by atoms with E-state index in [0.717, 1.165) is 0 Å². The standard InChI is InChI=1S/C20H26N2O6/c1-12-4-5-13(20(25)26)10-21(12)19(24)14-8-18(23)22(11-14)16-7-6-15(27-2)9-17(16)28-3/h6-7,9,12-14H,4-5,8,10-11H2,1-3H3,(H,25,26). The van der Waals surface area contributed by atoms with E-state index in [9.17, 15) is 19.5 Å². The molecule has 0 aromatic heterocycles. The van der Waals surface area contributed by atoms with Crippen LogP contribution in [0.5, 0.6) is 11.5 Å². The molecule has 3 rings (SSSR count). The number of hydrogen-bond donors (Lipinski definition) is 1. The summed E-state index contributed by atoms with van der Waals surface area (Å²) in [6.07, 6.45) is 1.33. The van der Waals surface area contributed by atoms with Crippen molar-refractivity contribution in [1.29, 1.82) is 0 Å². The maximum Gasteiger partial charge on any atom is 0.308 e. The van der Waals surface area contributed by atoms with E-state index < -0.39 is 17.8 Å². The van der Waals surface area contributed by atoms with E-state index in [-0.39, 0.29) is 37.4 Å². The van der Waals surface area contributed by atoms with Gasteiger partial charge in [-0.3, -0.25) is 14.4 Å². The number of carbonyl (C=O) groups excluding carboxylic acids is 2. The SMILES string of the molecule is COc1ccc(N2CC(C(=O)N3CC(C(=O)O)CCC3C)CC2=O)c(OC)c1. The normalized spacial score (nSPS) is 25.0. The Balaban J connectivity index is 1.77. The number of carboxylic acid groups (broad SMARTS) is 1. The van der Waals surface area contributed by atoms with Gasteiger partial charge >= 0.3 is 5.97 Å². The molecular formula is C20H26N2O6. The molecule has 0 bridgehead atoms. The molecule has 3 unspecified atom stereocenters. The van der Waals surface area contributed by atoms with Crippen molar-refractivity contribution in [3.8, 4) is 11.5 Å². The fourth-order valence-electron chi connectivity index (χ4n) is 3.96. The van der Waals surface area contributed by atoms with Gasteiger partial charge in [-0.25, -0.2) is 0 Å². The van der Waals surface area contributed by atoms with Crippen LogP contribution in [0.25, 0.3) is 0 Å². The second kappa shape index (κ2) is 8.08. The van der Waals surface area contributed by atoms with Crippen LogP contribution in [0.1, 0.15) is 26.2 Å². The van der Waals surface area contributed by atoms with Crippen LogP contribution in [0.3, 0.4) is 0 Å². The first-order chi connectivity index (χ1) is 13.3. The summed E-state index contributed by atoms with van der Waals surface area (Å²) in [4.78, 5) is 40.2. The quantitative estimate of drug-likeness (QED) is 0.823. The number of benzene rings is 1. The average Bonchev–Trinajstić information content (AvgIpc) is 3.08. The van der Waals surface area contributed by atoms with Crippen molar-refractivity contribution in [3.63, 3.8) is 0 Å². The van der Waals surface area contributed by atoms with Gasteiger partial charge in [-0.15, -0.1) is 0 Å². The van der Waals surface area contributed by atoms with Crippen LogP contribution in [-0.4, -0.2) is 61.1 Å². The zero-order valence-electron chi connectivity index (χ0n) is 16.4. The highest BCUT2D eigenvalue weighted by molar-refractivity contribution is 6.01. The van der Waals surface area contributed by atoms with Crippen molar-refractivity contribution >= 4 is 23.5 Å². The number of piperidine rings is 1. The zero-order valence-corrected chi connectivity index (χ0v) is 16.4. The van der Waals surface area contributed by atoms with Gasteiger partial charge in [0.1, 0.15) is 11.5 Å². The lowest BCUT2D eigenvalue weighted by molar-refractivity contribution is -0.148. The third-order valence-electron chi connectivity index (χ3n) is 5.67. The van der Waals surface area contributed by atoms with E-state index >= 15 is 0 Å². The summed E-state index contributed by atoms with van der Waals surface area (Å²) < 4.78 is 10.6. The summed E-state index contributed by atoms with van der Waals surface area (Å²) in [7, 11) is 3.07. The number of likely N-dealkylation sites (tertiary alicyclic amines) is 1. The summed E-state index contributed by atoms with van der Waals surface area (Å²) in [6, 6.07) is 5.15. The van der Waals surface area contributed by atoms with E-state index in [0.29, 0.717) is 30.0 Å². The first-order valence-corrected chi connectivity index (χ1v) is 9.41. The van der Waals surface area contributed by atoms with Gasteiger partial charge < -0.3 is 24.4 Å². The Kier molecular flexibility index (Phi) is 5.76. The highest BCUT2D eigenvalue weighted by atomic mass is 16.5. The van der Waals surface area contributed by atoms with Gasteiger partial charge in [0.2, 0.25) is 11.8 Å².